The monoisotopic (exact) mass is 320 g/mol. The van der Waals surface area contributed by atoms with Gasteiger partial charge in [-0.1, -0.05) is 13.0 Å². The third-order valence-corrected chi connectivity index (χ3v) is 3.17. The molecule has 0 aliphatic rings. The second kappa shape index (κ2) is 6.86. The largest absolute Gasteiger partial charge is 0.378 e. The number of nitrogens with one attached hydrogen (secondary N) is 2. The summed E-state index contributed by atoms with van der Waals surface area (Å²) in [7, 11) is 0. The summed E-state index contributed by atoms with van der Waals surface area (Å²) in [5.74, 6) is -0.674. The minimum atomic E-state index is -0.677. The van der Waals surface area contributed by atoms with Gasteiger partial charge in [-0.05, 0) is 31.5 Å². The molecular formula is C14H17FN6O2. The Morgan fingerprint density at radius 3 is 2.78 bits per heavy atom. The summed E-state index contributed by atoms with van der Waals surface area (Å²) >= 11 is 0. The molecule has 0 saturated carbocycles. The Balaban J connectivity index is 2.43. The van der Waals surface area contributed by atoms with Crippen LogP contribution >= 0.6 is 0 Å². The minimum absolute atomic E-state index is 0.0675. The maximum atomic E-state index is 13.3. The Bertz CT molecular complexity index is 724. The van der Waals surface area contributed by atoms with Crippen molar-refractivity contribution in [2.75, 3.05) is 16.4 Å². The predicted molar refractivity (Wildman–Crippen MR) is 86.2 cm³/mol. The van der Waals surface area contributed by atoms with Crippen molar-refractivity contribution in [3.05, 3.63) is 40.2 Å². The zero-order valence-electron chi connectivity index (χ0n) is 12.7. The lowest BCUT2D eigenvalue weighted by atomic mass is 10.3. The number of nitrogens with zero attached hydrogens (tertiary/aromatic N) is 3. The molecular weight excluding hydrogens is 303 g/mol. The summed E-state index contributed by atoms with van der Waals surface area (Å²) in [5, 5.41) is 16.9. The molecule has 0 radical (unpaired) electrons. The second-order valence-electron chi connectivity index (χ2n) is 4.98. The summed E-state index contributed by atoms with van der Waals surface area (Å²) in [4.78, 5) is 18.5. The third kappa shape index (κ3) is 4.02. The van der Waals surface area contributed by atoms with Crippen molar-refractivity contribution in [2.24, 2.45) is 0 Å². The Hall–Kier alpha value is -2.97. The quantitative estimate of drug-likeness (QED) is 0.552. The van der Waals surface area contributed by atoms with E-state index in [1.807, 2.05) is 13.8 Å². The molecule has 0 fully saturated rings. The molecule has 0 aliphatic heterocycles. The maximum absolute atomic E-state index is 13.3. The van der Waals surface area contributed by atoms with Gasteiger partial charge in [0.05, 0.1) is 4.92 Å². The molecule has 0 amide bonds. The van der Waals surface area contributed by atoms with Crippen molar-refractivity contribution in [2.45, 2.75) is 26.3 Å². The van der Waals surface area contributed by atoms with Crippen LogP contribution in [0.3, 0.4) is 0 Å². The van der Waals surface area contributed by atoms with Crippen LogP contribution in [0, 0.1) is 15.9 Å². The van der Waals surface area contributed by atoms with E-state index in [4.69, 9.17) is 5.73 Å². The highest BCUT2D eigenvalue weighted by Gasteiger charge is 2.23. The first-order valence-corrected chi connectivity index (χ1v) is 7.01. The summed E-state index contributed by atoms with van der Waals surface area (Å²) in [6.45, 7) is 3.89. The topological polar surface area (TPSA) is 119 Å². The Kier molecular flexibility index (Phi) is 4.89. The number of halogens is 1. The second-order valence-corrected chi connectivity index (χ2v) is 4.98. The van der Waals surface area contributed by atoms with E-state index < -0.39 is 16.4 Å². The number of rotatable bonds is 6. The fraction of sp³-hybridized carbons (Fsp3) is 0.286. The van der Waals surface area contributed by atoms with Crippen LogP contribution in [-0.4, -0.2) is 20.9 Å². The average Bonchev–Trinajstić information content (AvgIpc) is 2.46. The first-order valence-electron chi connectivity index (χ1n) is 7.01. The van der Waals surface area contributed by atoms with Crippen LogP contribution < -0.4 is 16.4 Å². The summed E-state index contributed by atoms with van der Waals surface area (Å²) in [5.41, 5.74) is 5.54. The molecule has 4 N–H and O–H groups in total. The molecule has 1 aromatic carbocycles. The van der Waals surface area contributed by atoms with Gasteiger partial charge in [0.25, 0.3) is 0 Å². The number of anilines is 4. The molecule has 23 heavy (non-hydrogen) atoms. The van der Waals surface area contributed by atoms with Gasteiger partial charge >= 0.3 is 5.69 Å². The molecule has 0 unspecified atom stereocenters. The van der Waals surface area contributed by atoms with Gasteiger partial charge in [0.15, 0.2) is 0 Å². The van der Waals surface area contributed by atoms with E-state index in [-0.39, 0.29) is 23.6 Å². The average molecular weight is 320 g/mol. The standard InChI is InChI=1S/C14H17FN6O2/c1-3-8(2)17-14-19-12(16)11(21(22)23)13(20-14)18-10-6-4-5-9(15)7-10/h4-8H,3H2,1-2H3,(H4,16,17,18,19,20)/t8-/m1/s1. The molecule has 0 aliphatic carbocycles. The van der Waals surface area contributed by atoms with Gasteiger partial charge in [0, 0.05) is 11.7 Å². The first kappa shape index (κ1) is 16.4. The lowest BCUT2D eigenvalue weighted by molar-refractivity contribution is -0.383. The summed E-state index contributed by atoms with van der Waals surface area (Å²) in [6.07, 6.45) is 0.812. The number of aromatic nitrogens is 2. The predicted octanol–water partition coefficient (Wildman–Crippen LogP) is 3.06. The fourth-order valence-corrected chi connectivity index (χ4v) is 1.83. The van der Waals surface area contributed by atoms with Gasteiger partial charge in [-0.15, -0.1) is 0 Å². The molecule has 0 spiro atoms. The third-order valence-electron chi connectivity index (χ3n) is 3.17. The van der Waals surface area contributed by atoms with E-state index in [9.17, 15) is 14.5 Å². The highest BCUT2D eigenvalue weighted by atomic mass is 19.1. The van der Waals surface area contributed by atoms with Crippen molar-refractivity contribution < 1.29 is 9.31 Å². The van der Waals surface area contributed by atoms with E-state index in [0.717, 1.165) is 6.42 Å². The Morgan fingerprint density at radius 2 is 2.17 bits per heavy atom. The first-order chi connectivity index (χ1) is 10.9. The highest BCUT2D eigenvalue weighted by Crippen LogP contribution is 2.31. The van der Waals surface area contributed by atoms with E-state index in [1.54, 1.807) is 6.07 Å². The Morgan fingerprint density at radius 1 is 1.43 bits per heavy atom. The van der Waals surface area contributed by atoms with Crippen molar-refractivity contribution in [1.29, 1.82) is 0 Å². The molecule has 2 aromatic rings. The molecule has 2 rings (SSSR count). The number of hydrogen-bond donors (Lipinski definition) is 3. The van der Waals surface area contributed by atoms with Gasteiger partial charge < -0.3 is 16.4 Å². The number of nitro groups is 1. The summed E-state index contributed by atoms with van der Waals surface area (Å²) < 4.78 is 13.3. The zero-order valence-corrected chi connectivity index (χ0v) is 12.7. The number of hydrogen-bond acceptors (Lipinski definition) is 7. The van der Waals surface area contributed by atoms with Crippen molar-refractivity contribution in [3.63, 3.8) is 0 Å². The highest BCUT2D eigenvalue weighted by molar-refractivity contribution is 5.74. The SMILES string of the molecule is CC[C@@H](C)Nc1nc(N)c([N+](=O)[O-])c(Nc2cccc(F)c2)n1. The lowest BCUT2D eigenvalue weighted by Gasteiger charge is -2.13. The fourth-order valence-electron chi connectivity index (χ4n) is 1.83. The van der Waals surface area contributed by atoms with Crippen LogP contribution in [0.25, 0.3) is 0 Å². The van der Waals surface area contributed by atoms with Gasteiger partial charge in [-0.25, -0.2) is 4.39 Å². The van der Waals surface area contributed by atoms with E-state index in [1.165, 1.54) is 18.2 Å². The molecule has 9 heteroatoms. The van der Waals surface area contributed by atoms with Crippen molar-refractivity contribution >= 4 is 29.0 Å². The molecule has 0 bridgehead atoms. The van der Waals surface area contributed by atoms with Crippen molar-refractivity contribution in [3.8, 4) is 0 Å². The minimum Gasteiger partial charge on any atom is -0.378 e. The Labute approximate surface area is 132 Å². The van der Waals surface area contributed by atoms with E-state index in [2.05, 4.69) is 20.6 Å². The van der Waals surface area contributed by atoms with E-state index >= 15 is 0 Å². The van der Waals surface area contributed by atoms with E-state index in [0.29, 0.717) is 5.69 Å². The molecule has 8 nitrogen and oxygen atoms in total. The summed E-state index contributed by atoms with van der Waals surface area (Å²) in [6, 6.07) is 5.57. The zero-order chi connectivity index (χ0) is 17.0. The van der Waals surface area contributed by atoms with Crippen LogP contribution in [0.1, 0.15) is 20.3 Å². The smallest absolute Gasteiger partial charge is 0.353 e. The lowest BCUT2D eigenvalue weighted by Crippen LogP contribution is -2.17. The van der Waals surface area contributed by atoms with Gasteiger partial charge in [0.1, 0.15) is 5.82 Å². The normalized spacial score (nSPS) is 11.8. The van der Waals surface area contributed by atoms with Gasteiger partial charge in [-0.3, -0.25) is 10.1 Å². The number of nitrogens with two attached hydrogens (primary N) is 1. The molecule has 1 aromatic heterocycles. The van der Waals surface area contributed by atoms with Crippen molar-refractivity contribution in [1.82, 2.24) is 9.97 Å². The van der Waals surface area contributed by atoms with Crippen LogP contribution in [0.15, 0.2) is 24.3 Å². The van der Waals surface area contributed by atoms with Crippen LogP contribution in [0.4, 0.5) is 33.3 Å². The maximum Gasteiger partial charge on any atom is 0.353 e. The van der Waals surface area contributed by atoms with Crippen LogP contribution in [-0.2, 0) is 0 Å². The molecule has 1 atom stereocenters. The molecule has 0 saturated heterocycles. The van der Waals surface area contributed by atoms with Crippen LogP contribution in [0.5, 0.6) is 0 Å². The van der Waals surface area contributed by atoms with Crippen LogP contribution in [0.2, 0.25) is 0 Å². The van der Waals surface area contributed by atoms with Gasteiger partial charge in [0.2, 0.25) is 17.6 Å². The molecule has 1 heterocycles. The molecule has 122 valence electrons. The number of nitrogen functional groups attached to an aromatic ring is 1. The number of benzene rings is 1. The van der Waals surface area contributed by atoms with Gasteiger partial charge in [-0.2, -0.15) is 9.97 Å².